The molecule has 2 aliphatic heterocycles. The first kappa shape index (κ1) is 14.8. The number of benzene rings is 1. The summed E-state index contributed by atoms with van der Waals surface area (Å²) in [5.41, 5.74) is 14.4. The first-order valence-corrected chi connectivity index (χ1v) is 7.81. The predicted octanol–water partition coefficient (Wildman–Crippen LogP) is 1.57. The summed E-state index contributed by atoms with van der Waals surface area (Å²) >= 11 is 0. The zero-order chi connectivity index (χ0) is 17.1. The van der Waals surface area contributed by atoms with Gasteiger partial charge < -0.3 is 15.9 Å². The van der Waals surface area contributed by atoms with Crippen LogP contribution in [0.15, 0.2) is 37.7 Å². The normalized spacial score (nSPS) is 26.0. The van der Waals surface area contributed by atoms with Gasteiger partial charge in [-0.25, -0.2) is 10.0 Å². The second-order valence-electron chi connectivity index (χ2n) is 6.49. The molecular weight excluding hydrogens is 306 g/mol. The van der Waals surface area contributed by atoms with Gasteiger partial charge in [-0.15, -0.1) is 0 Å². The van der Waals surface area contributed by atoms with E-state index in [0.717, 1.165) is 17.1 Å². The number of amidine groups is 1. The van der Waals surface area contributed by atoms with Crippen LogP contribution in [0.3, 0.4) is 0 Å². The molecule has 1 aromatic heterocycles. The van der Waals surface area contributed by atoms with Gasteiger partial charge in [0, 0.05) is 11.6 Å². The number of hydrogen-bond donors (Lipinski definition) is 2. The van der Waals surface area contributed by atoms with Crippen molar-refractivity contribution < 1.29 is 4.42 Å². The molecule has 2 aromatic rings. The van der Waals surface area contributed by atoms with Crippen LogP contribution >= 0.6 is 0 Å². The van der Waals surface area contributed by atoms with Gasteiger partial charge in [-0.1, -0.05) is 0 Å². The van der Waals surface area contributed by atoms with Crippen molar-refractivity contribution in [2.75, 3.05) is 5.73 Å². The average molecular weight is 325 g/mol. The zero-order valence-electron chi connectivity index (χ0n) is 13.8. The minimum atomic E-state index is -0.595. The smallest absolute Gasteiger partial charge is 0.292 e. The Morgan fingerprint density at radius 1 is 1.33 bits per heavy atom. The van der Waals surface area contributed by atoms with Crippen molar-refractivity contribution in [2.45, 2.75) is 33.0 Å². The molecule has 1 aromatic carbocycles. The highest BCUT2D eigenvalue weighted by Gasteiger charge is 2.51. The van der Waals surface area contributed by atoms with E-state index < -0.39 is 11.6 Å². The number of nitrogens with two attached hydrogens (primary N) is 2. The molecule has 0 spiro atoms. The summed E-state index contributed by atoms with van der Waals surface area (Å²) in [5.74, 6) is 0.815. The van der Waals surface area contributed by atoms with Crippen molar-refractivity contribution in [2.24, 2.45) is 26.2 Å². The van der Waals surface area contributed by atoms with E-state index in [4.69, 9.17) is 21.0 Å². The number of aliphatic imine (C=N–C) groups is 2. The number of hydrogen-bond acceptors (Lipinski definition) is 8. The maximum absolute atomic E-state index is 6.32. The largest absolute Gasteiger partial charge is 0.424 e. The second-order valence-corrected chi connectivity index (χ2v) is 6.49. The number of rotatable bonds is 2. The molecule has 4 N–H and O–H groups in total. The standard InChI is InChI=1S/C16H19N7O/c1-8(2)23-14-16(3,13(17)19-7-20-14)12(22-23)9-4-5-11-10(6-9)21-15(18)24-11/h4-8,13H,17H2,1-3H3,(H2,18,21). The van der Waals surface area contributed by atoms with Crippen molar-refractivity contribution >= 4 is 35.0 Å². The van der Waals surface area contributed by atoms with Crippen molar-refractivity contribution in [3.63, 3.8) is 0 Å². The van der Waals surface area contributed by atoms with Crippen LogP contribution in [0.4, 0.5) is 6.01 Å². The van der Waals surface area contributed by atoms with Gasteiger partial charge >= 0.3 is 0 Å². The molecule has 0 fully saturated rings. The van der Waals surface area contributed by atoms with Crippen molar-refractivity contribution in [3.05, 3.63) is 23.8 Å². The van der Waals surface area contributed by atoms with E-state index in [1.54, 1.807) is 0 Å². The third kappa shape index (κ3) is 1.89. The fraction of sp³-hybridized carbons (Fsp3) is 0.375. The lowest BCUT2D eigenvalue weighted by Crippen LogP contribution is -2.52. The maximum atomic E-state index is 6.32. The minimum Gasteiger partial charge on any atom is -0.424 e. The molecule has 2 unspecified atom stereocenters. The van der Waals surface area contributed by atoms with Gasteiger partial charge in [-0.2, -0.15) is 10.1 Å². The number of oxazole rings is 1. The number of aromatic nitrogens is 1. The van der Waals surface area contributed by atoms with Crippen LogP contribution in [0.2, 0.25) is 0 Å². The summed E-state index contributed by atoms with van der Waals surface area (Å²) in [6.45, 7) is 6.15. The summed E-state index contributed by atoms with van der Waals surface area (Å²) < 4.78 is 5.34. The first-order valence-electron chi connectivity index (χ1n) is 7.81. The maximum Gasteiger partial charge on any atom is 0.292 e. The third-order valence-corrected chi connectivity index (χ3v) is 4.55. The molecule has 8 heteroatoms. The monoisotopic (exact) mass is 325 g/mol. The lowest BCUT2D eigenvalue weighted by Gasteiger charge is -2.34. The van der Waals surface area contributed by atoms with Crippen LogP contribution in [0, 0.1) is 5.41 Å². The molecule has 4 rings (SSSR count). The van der Waals surface area contributed by atoms with Gasteiger partial charge in [0.15, 0.2) is 5.58 Å². The molecule has 124 valence electrons. The molecule has 0 aliphatic carbocycles. The molecule has 0 bridgehead atoms. The molecule has 3 heterocycles. The molecule has 0 amide bonds. The van der Waals surface area contributed by atoms with Crippen molar-refractivity contribution in [3.8, 4) is 0 Å². The first-order chi connectivity index (χ1) is 11.4. The Labute approximate surface area is 138 Å². The van der Waals surface area contributed by atoms with Crippen LogP contribution in [0.1, 0.15) is 26.3 Å². The van der Waals surface area contributed by atoms with E-state index in [-0.39, 0.29) is 12.1 Å². The Kier molecular flexibility index (Phi) is 3.01. The second kappa shape index (κ2) is 4.88. The Morgan fingerprint density at radius 3 is 2.88 bits per heavy atom. The van der Waals surface area contributed by atoms with E-state index in [9.17, 15) is 0 Å². The summed E-state index contributed by atoms with van der Waals surface area (Å²) in [6, 6.07) is 5.99. The molecule has 0 saturated carbocycles. The number of anilines is 1. The van der Waals surface area contributed by atoms with Gasteiger partial charge in [0.2, 0.25) is 0 Å². The van der Waals surface area contributed by atoms with E-state index in [2.05, 4.69) is 28.8 Å². The Balaban J connectivity index is 1.89. The summed E-state index contributed by atoms with van der Waals surface area (Å²) in [4.78, 5) is 12.9. The highest BCUT2D eigenvalue weighted by molar-refractivity contribution is 6.23. The number of hydrazone groups is 1. The predicted molar refractivity (Wildman–Crippen MR) is 93.9 cm³/mol. The molecular formula is C16H19N7O. The van der Waals surface area contributed by atoms with Crippen LogP contribution in [0.5, 0.6) is 0 Å². The van der Waals surface area contributed by atoms with Crippen molar-refractivity contribution in [1.29, 1.82) is 0 Å². The van der Waals surface area contributed by atoms with E-state index >= 15 is 0 Å². The van der Waals surface area contributed by atoms with Crippen LogP contribution in [-0.2, 0) is 0 Å². The molecule has 2 atom stereocenters. The van der Waals surface area contributed by atoms with Gasteiger partial charge in [-0.3, -0.25) is 4.99 Å². The Bertz CT molecular complexity index is 910. The Hall–Kier alpha value is -2.74. The van der Waals surface area contributed by atoms with Crippen LogP contribution in [0.25, 0.3) is 11.1 Å². The molecule has 0 radical (unpaired) electrons. The molecule has 24 heavy (non-hydrogen) atoms. The van der Waals surface area contributed by atoms with Crippen LogP contribution in [-0.4, -0.2) is 40.1 Å². The quantitative estimate of drug-likeness (QED) is 0.868. The molecule has 2 aliphatic rings. The highest BCUT2D eigenvalue weighted by atomic mass is 16.4. The van der Waals surface area contributed by atoms with Gasteiger partial charge in [0.05, 0.1) is 5.71 Å². The number of nitrogen functional groups attached to an aromatic ring is 1. The van der Waals surface area contributed by atoms with Gasteiger partial charge in [-0.05, 0) is 39.0 Å². The van der Waals surface area contributed by atoms with Crippen molar-refractivity contribution in [1.82, 2.24) is 9.99 Å². The van der Waals surface area contributed by atoms with Gasteiger partial charge in [0.25, 0.3) is 6.01 Å². The Morgan fingerprint density at radius 2 is 2.12 bits per heavy atom. The van der Waals surface area contributed by atoms with Gasteiger partial charge in [0.1, 0.15) is 29.3 Å². The third-order valence-electron chi connectivity index (χ3n) is 4.55. The topological polar surface area (TPSA) is 118 Å². The lowest BCUT2D eigenvalue weighted by atomic mass is 9.77. The lowest BCUT2D eigenvalue weighted by molar-refractivity contribution is 0.354. The average Bonchev–Trinajstić information content (AvgIpc) is 3.05. The van der Waals surface area contributed by atoms with E-state index in [1.165, 1.54) is 6.34 Å². The fourth-order valence-electron chi connectivity index (χ4n) is 3.19. The van der Waals surface area contributed by atoms with Crippen LogP contribution < -0.4 is 11.5 Å². The molecule has 8 nitrogen and oxygen atoms in total. The SMILES string of the molecule is CC(C)N1N=C(c2ccc3oc(N)nc3c2)C2(C)C1=NC=NC2N. The fourth-order valence-corrected chi connectivity index (χ4v) is 3.19. The van der Waals surface area contributed by atoms with E-state index in [1.807, 2.05) is 30.1 Å². The molecule has 0 saturated heterocycles. The summed E-state index contributed by atoms with van der Waals surface area (Å²) in [7, 11) is 0. The summed E-state index contributed by atoms with van der Waals surface area (Å²) in [5, 5.41) is 6.71. The summed E-state index contributed by atoms with van der Waals surface area (Å²) in [6.07, 6.45) is 1.06. The zero-order valence-corrected chi connectivity index (χ0v) is 13.8. The highest BCUT2D eigenvalue weighted by Crippen LogP contribution is 2.39. The number of nitrogens with zero attached hydrogens (tertiary/aromatic N) is 5. The minimum absolute atomic E-state index is 0.145. The number of fused-ring (bicyclic) bond motifs is 2. The van der Waals surface area contributed by atoms with E-state index in [0.29, 0.717) is 11.1 Å².